The molecule has 8 heteroatoms. The lowest BCUT2D eigenvalue weighted by atomic mass is 9.85. The lowest BCUT2D eigenvalue weighted by Crippen LogP contribution is -2.01. The Labute approximate surface area is 571 Å². The zero-order chi connectivity index (χ0) is 66.1. The Bertz CT molecular complexity index is 4200. The number of unbranched alkanes of at least 4 members (excludes halogenated alkanes) is 16. The first-order valence-electron chi connectivity index (χ1n) is 38.5. The Morgan fingerprint density at radius 3 is 0.552 bits per heavy atom. The summed E-state index contributed by atoms with van der Waals surface area (Å²) in [6, 6.07) is 37.2. The summed E-state index contributed by atoms with van der Waals surface area (Å²) in [5.74, 6) is 2.98. The van der Waals surface area contributed by atoms with E-state index in [2.05, 4.69) is 162 Å². The SMILES string of the molecule is CCCCCc1c2c(c(CCCCC)c3ccccc13)-c1nc-2nc2[nH]c(nc3nc(nc4[nH]c(n1)c1c(CCCCC)c5ccccc5c(CCCCC)c41)-c1c-3c(CCCCC)c3ccccc3c1CCCCC)c1c(CCCCC)c3ccccc3c(CCCCC)c21. The normalized spacial score (nSPS) is 12.2. The van der Waals surface area contributed by atoms with E-state index >= 15 is 0 Å². The number of hydrogen-bond donors (Lipinski definition) is 2. The molecule has 96 heavy (non-hydrogen) atoms. The van der Waals surface area contributed by atoms with Crippen molar-refractivity contribution in [3.05, 3.63) is 142 Å². The van der Waals surface area contributed by atoms with Gasteiger partial charge in [-0.15, -0.1) is 0 Å². The quantitative estimate of drug-likeness (QED) is 0.0407. The third kappa shape index (κ3) is 12.9. The van der Waals surface area contributed by atoms with Gasteiger partial charge in [0.2, 0.25) is 0 Å². The highest BCUT2D eigenvalue weighted by molar-refractivity contribution is 6.19. The van der Waals surface area contributed by atoms with Crippen LogP contribution in [0.1, 0.15) is 254 Å². The van der Waals surface area contributed by atoms with Gasteiger partial charge in [0, 0.05) is 43.8 Å². The smallest absolute Gasteiger partial charge is 0.165 e. The molecule has 2 aliphatic heterocycles. The number of aromatic amines is 2. The van der Waals surface area contributed by atoms with Crippen LogP contribution in [0.25, 0.3) is 133 Å². The fourth-order valence-corrected chi connectivity index (χ4v) is 16.8. The molecule has 11 aromatic rings. The molecule has 0 unspecified atom stereocenters. The van der Waals surface area contributed by atoms with Crippen LogP contribution in [0.3, 0.4) is 0 Å². The molecule has 8 aromatic carbocycles. The van der Waals surface area contributed by atoms with Crippen LogP contribution in [0.4, 0.5) is 0 Å². The molecule has 0 saturated carbocycles. The van der Waals surface area contributed by atoms with Crippen LogP contribution in [0.15, 0.2) is 97.1 Å². The van der Waals surface area contributed by atoms with Crippen molar-refractivity contribution in [2.24, 2.45) is 0 Å². The summed E-state index contributed by atoms with van der Waals surface area (Å²) < 4.78 is 0. The lowest BCUT2D eigenvalue weighted by molar-refractivity contribution is 0.716. The van der Waals surface area contributed by atoms with Gasteiger partial charge in [0.05, 0.1) is 0 Å². The van der Waals surface area contributed by atoms with Gasteiger partial charge >= 0.3 is 0 Å². The summed E-state index contributed by atoms with van der Waals surface area (Å²) in [7, 11) is 0. The maximum absolute atomic E-state index is 6.21. The van der Waals surface area contributed by atoms with E-state index in [9.17, 15) is 0 Å². The topological polar surface area (TPSA) is 109 Å². The van der Waals surface area contributed by atoms with Crippen LogP contribution in [0.5, 0.6) is 0 Å². The Morgan fingerprint density at radius 2 is 0.375 bits per heavy atom. The second-order valence-corrected chi connectivity index (χ2v) is 28.3. The maximum atomic E-state index is 6.21. The van der Waals surface area contributed by atoms with Crippen molar-refractivity contribution in [2.45, 2.75) is 261 Å². The average Bonchev–Trinajstić information content (AvgIpc) is 1.56. The Morgan fingerprint density at radius 1 is 0.208 bits per heavy atom. The fourth-order valence-electron chi connectivity index (χ4n) is 16.8. The Balaban J connectivity index is 1.32. The molecule has 0 amide bonds. The fraction of sp³-hybridized carbons (Fsp3) is 0.455. The van der Waals surface area contributed by atoms with Crippen molar-refractivity contribution in [1.82, 2.24) is 39.9 Å². The van der Waals surface area contributed by atoms with Crippen molar-refractivity contribution in [1.29, 1.82) is 0 Å². The summed E-state index contributed by atoms with van der Waals surface area (Å²) in [6.07, 6.45) is 34.3. The summed E-state index contributed by atoms with van der Waals surface area (Å²) >= 11 is 0. The van der Waals surface area contributed by atoms with Crippen molar-refractivity contribution in [3.63, 3.8) is 0 Å². The first-order valence-corrected chi connectivity index (χ1v) is 38.5. The van der Waals surface area contributed by atoms with E-state index < -0.39 is 0 Å². The van der Waals surface area contributed by atoms with Crippen LogP contribution in [0.2, 0.25) is 0 Å². The first kappa shape index (κ1) is 66.8. The zero-order valence-corrected chi connectivity index (χ0v) is 59.5. The molecule has 0 radical (unpaired) electrons. The van der Waals surface area contributed by atoms with E-state index in [0.717, 1.165) is 274 Å². The van der Waals surface area contributed by atoms with Gasteiger partial charge in [-0.3, -0.25) is 0 Å². The van der Waals surface area contributed by atoms with Gasteiger partial charge in [0.15, 0.2) is 23.3 Å². The molecule has 0 atom stereocenters. The molecule has 0 fully saturated rings. The monoisotopic (exact) mass is 1270 g/mol. The van der Waals surface area contributed by atoms with E-state index in [0.29, 0.717) is 0 Å². The molecule has 0 spiro atoms. The van der Waals surface area contributed by atoms with E-state index in [-0.39, 0.29) is 0 Å². The molecule has 3 aromatic heterocycles. The highest BCUT2D eigenvalue weighted by Gasteiger charge is 2.33. The minimum atomic E-state index is 0.745. The number of aryl methyl sites for hydroxylation is 8. The largest absolute Gasteiger partial charge is 0.324 e. The summed E-state index contributed by atoms with van der Waals surface area (Å²) in [6.45, 7) is 18.6. The molecule has 2 aliphatic rings. The summed E-state index contributed by atoms with van der Waals surface area (Å²) in [5, 5.41) is 15.3. The molecule has 8 nitrogen and oxygen atoms in total. The number of benzene rings is 8. The summed E-state index contributed by atoms with van der Waals surface area (Å²) in [4.78, 5) is 45.3. The number of hydrogen-bond acceptors (Lipinski definition) is 6. The molecule has 5 heterocycles. The number of nitrogens with one attached hydrogen (secondary N) is 2. The average molecular weight is 1280 g/mol. The van der Waals surface area contributed by atoms with E-state index in [1.54, 1.807) is 0 Å². The zero-order valence-electron chi connectivity index (χ0n) is 59.5. The van der Waals surface area contributed by atoms with Crippen molar-refractivity contribution in [3.8, 4) is 45.6 Å². The van der Waals surface area contributed by atoms with Crippen LogP contribution >= 0.6 is 0 Å². The lowest BCUT2D eigenvalue weighted by Gasteiger charge is -2.18. The second-order valence-electron chi connectivity index (χ2n) is 28.3. The van der Waals surface area contributed by atoms with Gasteiger partial charge in [0.1, 0.15) is 22.6 Å². The molecular weight excluding hydrogens is 1170 g/mol. The number of fused-ring (bicyclic) bond motifs is 24. The highest BCUT2D eigenvalue weighted by Crippen LogP contribution is 2.50. The minimum Gasteiger partial charge on any atom is -0.324 e. The van der Waals surface area contributed by atoms with Crippen molar-refractivity contribution < 1.29 is 0 Å². The van der Waals surface area contributed by atoms with Gasteiger partial charge in [-0.05, 0) is 190 Å². The molecule has 2 N–H and O–H groups in total. The molecule has 8 bridgehead atoms. The third-order valence-electron chi connectivity index (χ3n) is 21.6. The Hall–Kier alpha value is -7.84. The Kier molecular flexibility index (Phi) is 21.7. The van der Waals surface area contributed by atoms with Gasteiger partial charge in [-0.25, -0.2) is 29.9 Å². The molecular formula is C88H106N8. The van der Waals surface area contributed by atoms with E-state index in [1.807, 2.05) is 0 Å². The van der Waals surface area contributed by atoms with Gasteiger partial charge in [-0.1, -0.05) is 255 Å². The third-order valence-corrected chi connectivity index (χ3v) is 21.6. The van der Waals surface area contributed by atoms with Crippen LogP contribution in [-0.2, 0) is 51.4 Å². The van der Waals surface area contributed by atoms with Crippen molar-refractivity contribution >= 4 is 87.2 Å². The first-order chi connectivity index (χ1) is 47.4. The minimum absolute atomic E-state index is 0.745. The molecule has 498 valence electrons. The van der Waals surface area contributed by atoms with Gasteiger partial charge in [-0.2, -0.15) is 0 Å². The van der Waals surface area contributed by atoms with E-state index in [4.69, 9.17) is 29.9 Å². The molecule has 0 aliphatic carbocycles. The van der Waals surface area contributed by atoms with Crippen LogP contribution in [-0.4, -0.2) is 39.9 Å². The number of rotatable bonds is 32. The second kappa shape index (κ2) is 31.1. The van der Waals surface area contributed by atoms with Crippen LogP contribution < -0.4 is 0 Å². The number of nitrogens with zero attached hydrogens (tertiary/aromatic N) is 6. The molecule has 13 rings (SSSR count). The van der Waals surface area contributed by atoms with E-state index in [1.165, 1.54) is 109 Å². The predicted molar refractivity (Wildman–Crippen MR) is 412 cm³/mol. The predicted octanol–water partition coefficient (Wildman–Crippen LogP) is 25.3. The number of H-pyrrole nitrogens is 2. The van der Waals surface area contributed by atoms with Crippen LogP contribution in [0, 0.1) is 0 Å². The number of aromatic nitrogens is 8. The summed E-state index contributed by atoms with van der Waals surface area (Å²) in [5.41, 5.74) is 18.7. The van der Waals surface area contributed by atoms with Gasteiger partial charge < -0.3 is 9.97 Å². The van der Waals surface area contributed by atoms with Gasteiger partial charge in [0.25, 0.3) is 0 Å². The standard InChI is InChI=1S/C88H106N8/c1-9-17-25-49-65-57-41-33-34-42-58(57)66(50-26-18-10-2)74-73(65)81-89-82(74)94-84-77-69(53-29-21-13-5)61-45-37-38-46-62(61)70(54-30-22-14-6)78(77)86(91-84)96-88-80-72(56-32-24-16-8)64-48-40-39-47-63(64)71(55-31-23-15-7)79(80)87(92-88)95-85-76-68(52-28-20-12-4)60-44-36-35-43-59(60)67(51-27-19-11-3)75(76)83(90-85)93-81/h33-48H,9-32,49-56H2,1-8H3,(H2,89,90,91,92,93,94,95,96). The molecule has 0 saturated heterocycles. The highest BCUT2D eigenvalue weighted by atomic mass is 15.1. The van der Waals surface area contributed by atoms with Crippen molar-refractivity contribution in [2.75, 3.05) is 0 Å². The maximum Gasteiger partial charge on any atom is 0.165 e.